The van der Waals surface area contributed by atoms with Gasteiger partial charge in [-0.25, -0.2) is 9.78 Å². The smallest absolute Gasteiger partial charge is 0.326 e. The second-order valence-corrected chi connectivity index (χ2v) is 9.48. The van der Waals surface area contributed by atoms with Gasteiger partial charge in [-0.1, -0.05) is 13.8 Å². The van der Waals surface area contributed by atoms with Gasteiger partial charge in [-0.3, -0.25) is 19.2 Å². The highest BCUT2D eigenvalue weighted by atomic mass is 32.2. The van der Waals surface area contributed by atoms with E-state index in [9.17, 15) is 29.1 Å². The predicted octanol–water partition coefficient (Wildman–Crippen LogP) is -1.51. The van der Waals surface area contributed by atoms with E-state index >= 15 is 0 Å². The minimum absolute atomic E-state index is 0.00249. The van der Waals surface area contributed by atoms with E-state index in [0.29, 0.717) is 17.9 Å². The van der Waals surface area contributed by atoms with Crippen LogP contribution in [0.3, 0.4) is 0 Å². The van der Waals surface area contributed by atoms with E-state index in [4.69, 9.17) is 11.5 Å². The molecule has 0 bridgehead atoms. The van der Waals surface area contributed by atoms with Gasteiger partial charge < -0.3 is 37.5 Å². The molecule has 13 nitrogen and oxygen atoms in total. The summed E-state index contributed by atoms with van der Waals surface area (Å²) in [4.78, 5) is 68.0. The van der Waals surface area contributed by atoms with Gasteiger partial charge in [0, 0.05) is 18.3 Å². The third-order valence-electron chi connectivity index (χ3n) is 4.94. The molecule has 0 radical (unpaired) electrons. The van der Waals surface area contributed by atoms with Gasteiger partial charge in [0.1, 0.15) is 18.1 Å². The number of nitrogens with one attached hydrogen (secondary N) is 4. The summed E-state index contributed by atoms with van der Waals surface area (Å²) >= 11 is 1.53. The number of rotatable bonds is 16. The second kappa shape index (κ2) is 15.0. The normalized spacial score (nSPS) is 14.4. The number of aliphatic carboxylic acids is 1. The van der Waals surface area contributed by atoms with Gasteiger partial charge in [0.25, 0.3) is 0 Å². The summed E-state index contributed by atoms with van der Waals surface area (Å²) in [5.41, 5.74) is 11.6. The number of carboxylic acids is 1. The molecule has 1 heterocycles. The summed E-state index contributed by atoms with van der Waals surface area (Å²) in [6.45, 7) is 3.70. The number of hydrogen-bond acceptors (Lipinski definition) is 8. The molecule has 0 spiro atoms. The van der Waals surface area contributed by atoms with E-state index in [1.807, 2.05) is 20.1 Å². The van der Waals surface area contributed by atoms with Gasteiger partial charge in [-0.2, -0.15) is 11.8 Å². The lowest BCUT2D eigenvalue weighted by molar-refractivity contribution is -0.142. The van der Waals surface area contributed by atoms with Crippen molar-refractivity contribution in [1.29, 1.82) is 0 Å². The molecule has 4 atom stereocenters. The van der Waals surface area contributed by atoms with E-state index in [0.717, 1.165) is 0 Å². The highest BCUT2D eigenvalue weighted by molar-refractivity contribution is 7.98. The summed E-state index contributed by atoms with van der Waals surface area (Å²) in [6.07, 6.45) is 4.66. The van der Waals surface area contributed by atoms with Crippen LogP contribution in [0.15, 0.2) is 12.5 Å². The fourth-order valence-electron chi connectivity index (χ4n) is 3.13. The van der Waals surface area contributed by atoms with E-state index in [2.05, 4.69) is 25.9 Å². The van der Waals surface area contributed by atoms with E-state index < -0.39 is 60.2 Å². The van der Waals surface area contributed by atoms with Crippen molar-refractivity contribution in [2.24, 2.45) is 17.4 Å². The summed E-state index contributed by atoms with van der Waals surface area (Å²) in [5.74, 6) is -3.67. The molecule has 1 rings (SSSR count). The SMILES string of the molecule is CSCCC(N)C(=O)NC(CC(C)C)C(=O)NC(CC(N)=O)C(=O)NC(Cc1cnc[nH]1)C(=O)O. The molecule has 0 aromatic carbocycles. The van der Waals surface area contributed by atoms with E-state index in [1.54, 1.807) is 0 Å². The molecular formula is C21H35N7O6S. The maximum absolute atomic E-state index is 13.0. The minimum atomic E-state index is -1.44. The van der Waals surface area contributed by atoms with Gasteiger partial charge in [0.2, 0.25) is 23.6 Å². The monoisotopic (exact) mass is 513 g/mol. The lowest BCUT2D eigenvalue weighted by atomic mass is 10.0. The number of carbonyl (C=O) groups is 5. The van der Waals surface area contributed by atoms with Crippen molar-refractivity contribution in [2.45, 2.75) is 63.7 Å². The Kier molecular flexibility index (Phi) is 12.8. The van der Waals surface area contributed by atoms with Gasteiger partial charge >= 0.3 is 5.97 Å². The van der Waals surface area contributed by atoms with Crippen LogP contribution in [0.25, 0.3) is 0 Å². The van der Waals surface area contributed by atoms with Crippen LogP contribution < -0.4 is 27.4 Å². The number of H-pyrrole nitrogens is 1. The van der Waals surface area contributed by atoms with Crippen LogP contribution >= 0.6 is 11.8 Å². The Morgan fingerprint density at radius 1 is 1.06 bits per heavy atom. The molecule has 0 saturated carbocycles. The second-order valence-electron chi connectivity index (χ2n) is 8.49. The zero-order valence-electron chi connectivity index (χ0n) is 20.1. The van der Waals surface area contributed by atoms with Crippen LogP contribution in [0.2, 0.25) is 0 Å². The molecule has 35 heavy (non-hydrogen) atoms. The first-order chi connectivity index (χ1) is 16.4. The molecule has 1 aromatic rings. The average Bonchev–Trinajstić information content (AvgIpc) is 3.28. The summed E-state index contributed by atoms with van der Waals surface area (Å²) in [5, 5.41) is 16.8. The Bertz CT molecular complexity index is 864. The number of thioether (sulfide) groups is 1. The quantitative estimate of drug-likeness (QED) is 0.136. The molecule has 0 aliphatic rings. The lowest BCUT2D eigenvalue weighted by Crippen LogP contribution is -2.58. The maximum atomic E-state index is 13.0. The number of carboxylic acid groups (broad SMARTS) is 1. The molecule has 0 aliphatic heterocycles. The van der Waals surface area contributed by atoms with Crippen molar-refractivity contribution in [3.05, 3.63) is 18.2 Å². The first-order valence-electron chi connectivity index (χ1n) is 11.1. The molecule has 0 aliphatic carbocycles. The molecule has 1 aromatic heterocycles. The molecule has 4 unspecified atom stereocenters. The topological polar surface area (TPSA) is 222 Å². The van der Waals surface area contributed by atoms with Crippen LogP contribution in [0.4, 0.5) is 0 Å². The molecule has 9 N–H and O–H groups in total. The number of carbonyl (C=O) groups excluding carboxylic acids is 4. The Hall–Kier alpha value is -3.13. The number of aromatic nitrogens is 2. The standard InChI is InChI=1S/C21H35N7O6S/c1-11(2)6-14(26-18(30)13(22)4-5-35-3)19(31)27-15(8-17(23)29)20(32)28-16(21(33)34)7-12-9-24-10-25-12/h9-11,13-16H,4-8,22H2,1-3H3,(H2,23,29)(H,24,25)(H,26,30)(H,27,31)(H,28,32)(H,33,34). The number of imidazole rings is 1. The maximum Gasteiger partial charge on any atom is 0.326 e. The Morgan fingerprint density at radius 3 is 2.17 bits per heavy atom. The number of aromatic amines is 1. The van der Waals surface area contributed by atoms with Crippen LogP contribution in [0.1, 0.15) is 38.8 Å². The summed E-state index contributed by atoms with van der Waals surface area (Å²) < 4.78 is 0. The van der Waals surface area contributed by atoms with Crippen molar-refractivity contribution >= 4 is 41.4 Å². The van der Waals surface area contributed by atoms with E-state index in [-0.39, 0.29) is 18.8 Å². The highest BCUT2D eigenvalue weighted by Gasteiger charge is 2.31. The number of nitrogens with two attached hydrogens (primary N) is 2. The van der Waals surface area contributed by atoms with Crippen molar-refractivity contribution in [3.63, 3.8) is 0 Å². The Balaban J connectivity index is 2.96. The molecular weight excluding hydrogens is 478 g/mol. The molecule has 14 heteroatoms. The summed E-state index contributed by atoms with van der Waals surface area (Å²) in [7, 11) is 0. The Morgan fingerprint density at radius 2 is 1.66 bits per heavy atom. The van der Waals surface area contributed by atoms with Crippen LogP contribution in [0, 0.1) is 5.92 Å². The third kappa shape index (κ3) is 11.2. The van der Waals surface area contributed by atoms with Crippen molar-refractivity contribution < 1.29 is 29.1 Å². The van der Waals surface area contributed by atoms with E-state index in [1.165, 1.54) is 24.3 Å². The van der Waals surface area contributed by atoms with Crippen molar-refractivity contribution in [2.75, 3.05) is 12.0 Å². The van der Waals surface area contributed by atoms with Gasteiger partial charge in [0.05, 0.1) is 18.8 Å². The highest BCUT2D eigenvalue weighted by Crippen LogP contribution is 2.08. The fraction of sp³-hybridized carbons (Fsp3) is 0.619. The van der Waals surface area contributed by atoms with Crippen molar-refractivity contribution in [3.8, 4) is 0 Å². The van der Waals surface area contributed by atoms with Crippen LogP contribution in [-0.4, -0.2) is 80.8 Å². The fourth-order valence-corrected chi connectivity index (χ4v) is 3.62. The van der Waals surface area contributed by atoms with Gasteiger partial charge in [-0.15, -0.1) is 0 Å². The zero-order chi connectivity index (χ0) is 26.5. The Labute approximate surface area is 207 Å². The first-order valence-corrected chi connectivity index (χ1v) is 12.5. The third-order valence-corrected chi connectivity index (χ3v) is 5.59. The molecule has 196 valence electrons. The number of hydrogen-bond donors (Lipinski definition) is 7. The zero-order valence-corrected chi connectivity index (χ0v) is 20.9. The number of amides is 4. The van der Waals surface area contributed by atoms with Crippen molar-refractivity contribution in [1.82, 2.24) is 25.9 Å². The number of primary amides is 1. The lowest BCUT2D eigenvalue weighted by Gasteiger charge is -2.25. The molecule has 4 amide bonds. The molecule has 0 saturated heterocycles. The largest absolute Gasteiger partial charge is 0.480 e. The molecule has 0 fully saturated rings. The first kappa shape index (κ1) is 29.9. The average molecular weight is 514 g/mol. The number of nitrogens with zero attached hydrogens (tertiary/aromatic N) is 1. The summed E-state index contributed by atoms with van der Waals surface area (Å²) in [6, 6.07) is -4.63. The van der Waals surface area contributed by atoms with Crippen LogP contribution in [0.5, 0.6) is 0 Å². The van der Waals surface area contributed by atoms with Gasteiger partial charge in [0.15, 0.2) is 0 Å². The van der Waals surface area contributed by atoms with Crippen LogP contribution in [-0.2, 0) is 30.4 Å². The predicted molar refractivity (Wildman–Crippen MR) is 130 cm³/mol. The minimum Gasteiger partial charge on any atom is -0.480 e. The van der Waals surface area contributed by atoms with Gasteiger partial charge in [-0.05, 0) is 30.8 Å².